The van der Waals surface area contributed by atoms with Crippen LogP contribution in [0.3, 0.4) is 0 Å². The number of aryl methyl sites for hydroxylation is 1. The molecule has 1 aromatic carbocycles. The van der Waals surface area contributed by atoms with Gasteiger partial charge in [0.25, 0.3) is 5.89 Å². The minimum Gasteiger partial charge on any atom is -0.402 e. The van der Waals surface area contributed by atoms with Gasteiger partial charge in [-0.3, -0.25) is 4.98 Å². The fourth-order valence-electron chi connectivity index (χ4n) is 2.57. The summed E-state index contributed by atoms with van der Waals surface area (Å²) in [5.41, 5.74) is 7.90. The van der Waals surface area contributed by atoms with Crippen molar-refractivity contribution >= 4 is 15.9 Å². The molecule has 0 saturated heterocycles. The van der Waals surface area contributed by atoms with E-state index in [-0.39, 0.29) is 10.8 Å². The minimum absolute atomic E-state index is 0.256. The molecule has 0 saturated carbocycles. The summed E-state index contributed by atoms with van der Waals surface area (Å²) >= 11 is 0. The third-order valence-electron chi connectivity index (χ3n) is 4.34. The monoisotopic (exact) mass is 416 g/mol. The molecule has 0 atom stereocenters. The van der Waals surface area contributed by atoms with Gasteiger partial charge in [0, 0.05) is 12.1 Å². The van der Waals surface area contributed by atoms with Crippen molar-refractivity contribution in [1.82, 2.24) is 20.2 Å². The third kappa shape index (κ3) is 4.60. The van der Waals surface area contributed by atoms with Gasteiger partial charge in [0.1, 0.15) is 5.69 Å². The molecule has 0 aliphatic carbocycles. The molecule has 0 radical (unpaired) electrons. The van der Waals surface area contributed by atoms with Crippen LogP contribution in [0.25, 0.3) is 22.8 Å². The Hall–Kier alpha value is -2.85. The topological polar surface area (TPSA) is 137 Å². The number of nitrogens with two attached hydrogens (primary N) is 1. The smallest absolute Gasteiger partial charge is 0.315 e. The highest BCUT2D eigenvalue weighted by molar-refractivity contribution is 7.92. The number of anilines is 1. The molecule has 3 rings (SSSR count). The van der Waals surface area contributed by atoms with Gasteiger partial charge < -0.3 is 15.5 Å². The van der Waals surface area contributed by atoms with Gasteiger partial charge in [-0.05, 0) is 45.9 Å². The molecule has 0 bridgehead atoms. The van der Waals surface area contributed by atoms with E-state index in [4.69, 9.17) is 10.2 Å². The van der Waals surface area contributed by atoms with Gasteiger partial charge >= 0.3 is 6.01 Å². The van der Waals surface area contributed by atoms with Crippen LogP contribution in [0.5, 0.6) is 0 Å². The lowest BCUT2D eigenvalue weighted by molar-refractivity contribution is 0.576. The zero-order valence-electron chi connectivity index (χ0n) is 16.6. The highest BCUT2D eigenvalue weighted by Gasteiger charge is 2.19. The summed E-state index contributed by atoms with van der Waals surface area (Å²) in [5.74, 6) is 0.256. The van der Waals surface area contributed by atoms with Gasteiger partial charge in [-0.2, -0.15) is 0 Å². The highest BCUT2D eigenvalue weighted by Crippen LogP contribution is 2.26. The van der Waals surface area contributed by atoms with E-state index in [1.807, 2.05) is 0 Å². The van der Waals surface area contributed by atoms with E-state index in [9.17, 15) is 8.42 Å². The van der Waals surface area contributed by atoms with Gasteiger partial charge in [0.05, 0.1) is 27.7 Å². The Kier molecular flexibility index (Phi) is 6.23. The second kappa shape index (κ2) is 8.66. The lowest BCUT2D eigenvalue weighted by atomic mass is 10.1. The number of sulfone groups is 1. The lowest BCUT2D eigenvalue weighted by Gasteiger charge is -2.09. The summed E-state index contributed by atoms with van der Waals surface area (Å²) in [7, 11) is -3.32. The van der Waals surface area contributed by atoms with Crippen molar-refractivity contribution in [2.24, 2.45) is 5.73 Å². The molecule has 2 heterocycles. The van der Waals surface area contributed by atoms with Crippen LogP contribution in [0.15, 0.2) is 39.8 Å². The molecule has 154 valence electrons. The predicted octanol–water partition coefficient (Wildman–Crippen LogP) is 2.44. The number of aromatic nitrogens is 4. The van der Waals surface area contributed by atoms with Crippen LogP contribution in [-0.2, 0) is 9.84 Å². The van der Waals surface area contributed by atoms with Crippen LogP contribution in [0.2, 0.25) is 0 Å². The zero-order valence-corrected chi connectivity index (χ0v) is 17.4. The molecule has 0 aliphatic rings. The summed E-state index contributed by atoms with van der Waals surface area (Å²) in [6, 6.07) is 6.89. The van der Waals surface area contributed by atoms with Crippen LogP contribution in [0.4, 0.5) is 6.01 Å². The predicted molar refractivity (Wildman–Crippen MR) is 110 cm³/mol. The molecule has 10 heteroatoms. The summed E-state index contributed by atoms with van der Waals surface area (Å²) < 4.78 is 30.2. The van der Waals surface area contributed by atoms with Gasteiger partial charge in [0.2, 0.25) is 0 Å². The van der Waals surface area contributed by atoms with Gasteiger partial charge in [-0.1, -0.05) is 17.2 Å². The summed E-state index contributed by atoms with van der Waals surface area (Å²) in [5, 5.41) is 10.5. The molecular formula is C19H24N6O3S. The van der Waals surface area contributed by atoms with Crippen LogP contribution in [0, 0.1) is 6.92 Å². The quantitative estimate of drug-likeness (QED) is 0.530. The maximum Gasteiger partial charge on any atom is 0.315 e. The first kappa shape index (κ1) is 20.9. The first-order valence-corrected chi connectivity index (χ1v) is 10.8. The molecule has 9 nitrogen and oxygen atoms in total. The Morgan fingerprint density at radius 3 is 2.55 bits per heavy atom. The van der Waals surface area contributed by atoms with Gasteiger partial charge in [-0.25, -0.2) is 13.4 Å². The average molecular weight is 417 g/mol. The number of nitrogens with zero attached hydrogens (tertiary/aromatic N) is 4. The molecule has 0 spiro atoms. The van der Waals surface area contributed by atoms with E-state index < -0.39 is 15.1 Å². The molecule has 3 N–H and O–H groups in total. The van der Waals surface area contributed by atoms with Crippen molar-refractivity contribution < 1.29 is 12.8 Å². The van der Waals surface area contributed by atoms with Gasteiger partial charge in [-0.15, -0.1) is 5.10 Å². The van der Waals surface area contributed by atoms with Crippen molar-refractivity contribution in [2.45, 2.75) is 37.3 Å². The van der Waals surface area contributed by atoms with Crippen LogP contribution in [-0.4, -0.2) is 46.9 Å². The van der Waals surface area contributed by atoms with E-state index in [1.54, 1.807) is 51.2 Å². The van der Waals surface area contributed by atoms with Crippen molar-refractivity contribution in [3.8, 4) is 22.8 Å². The molecule has 0 fully saturated rings. The van der Waals surface area contributed by atoms with Crippen LogP contribution >= 0.6 is 0 Å². The minimum atomic E-state index is -3.32. The summed E-state index contributed by atoms with van der Waals surface area (Å²) in [6.07, 6.45) is 2.41. The second-order valence-electron chi connectivity index (χ2n) is 6.79. The number of nitrogens with one attached hydrogen (secondary N) is 1. The highest BCUT2D eigenvalue weighted by atomic mass is 32.2. The van der Waals surface area contributed by atoms with Crippen molar-refractivity contribution in [2.75, 3.05) is 18.4 Å². The lowest BCUT2D eigenvalue weighted by Crippen LogP contribution is -2.13. The SMILES string of the molecule is Cc1ncc(-c2ccc(S(=O)(=O)C(C)C)cc2)nc1-c1nnc(NCCCN)o1. The Morgan fingerprint density at radius 1 is 1.17 bits per heavy atom. The summed E-state index contributed by atoms with van der Waals surface area (Å²) in [6.45, 7) is 6.32. The molecule has 0 unspecified atom stereocenters. The van der Waals surface area contributed by atoms with E-state index in [1.165, 1.54) is 0 Å². The number of benzene rings is 1. The molecule has 2 aromatic heterocycles. The summed E-state index contributed by atoms with van der Waals surface area (Å²) in [4.78, 5) is 9.24. The average Bonchev–Trinajstić information content (AvgIpc) is 3.17. The van der Waals surface area contributed by atoms with Crippen molar-refractivity contribution in [3.05, 3.63) is 36.2 Å². The number of hydrogen-bond donors (Lipinski definition) is 2. The normalized spacial score (nSPS) is 11.8. The van der Waals surface area contributed by atoms with Crippen molar-refractivity contribution in [1.29, 1.82) is 0 Å². The maximum absolute atomic E-state index is 12.3. The maximum atomic E-state index is 12.3. The van der Waals surface area contributed by atoms with Crippen LogP contribution < -0.4 is 11.1 Å². The Bertz CT molecular complexity index is 1080. The molecule has 29 heavy (non-hydrogen) atoms. The fraction of sp³-hybridized carbons (Fsp3) is 0.368. The van der Waals surface area contributed by atoms with E-state index >= 15 is 0 Å². The van der Waals surface area contributed by atoms with Crippen LogP contribution in [0.1, 0.15) is 26.0 Å². The molecule has 0 aliphatic heterocycles. The Labute approximate surface area is 169 Å². The number of rotatable bonds is 8. The molecule has 3 aromatic rings. The first-order chi connectivity index (χ1) is 13.8. The number of hydrogen-bond acceptors (Lipinski definition) is 9. The third-order valence-corrected chi connectivity index (χ3v) is 6.51. The Balaban J connectivity index is 1.88. The molecule has 0 amide bonds. The standard InChI is InChI=1S/C19H24N6O3S/c1-12(2)29(26,27)15-7-5-14(6-8-15)16-11-22-13(3)17(23-16)18-24-25-19(28-18)21-10-4-9-20/h5-8,11-12H,4,9-10,20H2,1-3H3,(H,21,25). The first-order valence-electron chi connectivity index (χ1n) is 9.28. The Morgan fingerprint density at radius 2 is 1.90 bits per heavy atom. The largest absolute Gasteiger partial charge is 0.402 e. The zero-order chi connectivity index (χ0) is 21.0. The fourth-order valence-corrected chi connectivity index (χ4v) is 3.63. The van der Waals surface area contributed by atoms with E-state index in [0.717, 1.165) is 12.0 Å². The van der Waals surface area contributed by atoms with Crippen molar-refractivity contribution in [3.63, 3.8) is 0 Å². The second-order valence-corrected chi connectivity index (χ2v) is 9.29. The van der Waals surface area contributed by atoms with E-state index in [0.29, 0.717) is 36.2 Å². The van der Waals surface area contributed by atoms with Gasteiger partial charge in [0.15, 0.2) is 9.84 Å². The van der Waals surface area contributed by atoms with E-state index in [2.05, 4.69) is 25.5 Å². The molecular weight excluding hydrogens is 392 g/mol.